The van der Waals surface area contributed by atoms with E-state index in [9.17, 15) is 14.7 Å². The maximum absolute atomic E-state index is 12.5. The summed E-state index contributed by atoms with van der Waals surface area (Å²) in [5.74, 6) is 0.0835. The van der Waals surface area contributed by atoms with Crippen LogP contribution < -0.4 is 14.8 Å². The van der Waals surface area contributed by atoms with Gasteiger partial charge in [-0.15, -0.1) is 0 Å². The van der Waals surface area contributed by atoms with Gasteiger partial charge in [0.1, 0.15) is 11.8 Å². The Morgan fingerprint density at radius 1 is 1.27 bits per heavy atom. The number of aliphatic hydroxyl groups is 1. The summed E-state index contributed by atoms with van der Waals surface area (Å²) in [4.78, 5) is 26.3. The van der Waals surface area contributed by atoms with E-state index in [0.29, 0.717) is 37.6 Å². The number of carbonyl (C=O) groups is 2. The second-order valence-corrected chi connectivity index (χ2v) is 8.51. The van der Waals surface area contributed by atoms with Crippen LogP contribution in [0.5, 0.6) is 11.5 Å². The zero-order valence-electron chi connectivity index (χ0n) is 19.1. The van der Waals surface area contributed by atoms with Gasteiger partial charge in [-0.3, -0.25) is 0 Å². The van der Waals surface area contributed by atoms with Crippen LogP contribution in [0.4, 0.5) is 0 Å². The molecule has 178 valence electrons. The van der Waals surface area contributed by atoms with Crippen LogP contribution >= 0.6 is 0 Å². The summed E-state index contributed by atoms with van der Waals surface area (Å²) in [5.41, 5.74) is 1.77. The number of methoxy groups -OCH3 is 3. The minimum Gasteiger partial charge on any atom is -0.493 e. The number of esters is 2. The number of nitrogens with zero attached hydrogens (tertiary/aromatic N) is 1. The van der Waals surface area contributed by atoms with Crippen molar-refractivity contribution in [3.05, 3.63) is 47.3 Å². The van der Waals surface area contributed by atoms with Gasteiger partial charge >= 0.3 is 11.9 Å². The zero-order chi connectivity index (χ0) is 23.6. The van der Waals surface area contributed by atoms with Gasteiger partial charge in [-0.25, -0.2) is 9.59 Å². The molecule has 0 aliphatic carbocycles. The Hall–Kier alpha value is -3.20. The van der Waals surface area contributed by atoms with E-state index >= 15 is 0 Å². The molecule has 3 heterocycles. The summed E-state index contributed by atoms with van der Waals surface area (Å²) < 4.78 is 21.8. The highest BCUT2D eigenvalue weighted by Gasteiger charge is 2.52. The average molecular weight is 459 g/mol. The number of hydrogen-bond donors (Lipinski definition) is 2. The van der Waals surface area contributed by atoms with E-state index in [0.717, 1.165) is 24.0 Å². The van der Waals surface area contributed by atoms with Crippen LogP contribution in [0.25, 0.3) is 0 Å². The Balaban J connectivity index is 1.81. The Kier molecular flexibility index (Phi) is 6.51. The lowest BCUT2D eigenvalue weighted by Crippen LogP contribution is -2.49. The molecule has 0 amide bonds. The number of ether oxygens (including phenoxy) is 4. The smallest absolute Gasteiger partial charge is 0.354 e. The number of rotatable bonds is 4. The number of aliphatic hydroxyl groups excluding tert-OH is 1. The van der Waals surface area contributed by atoms with E-state index in [4.69, 9.17) is 18.9 Å². The van der Waals surface area contributed by atoms with E-state index in [2.05, 4.69) is 5.32 Å². The normalized spacial score (nSPS) is 26.3. The SMILES string of the molecule is COC(=O)/C=C(\C(=O)OC)N1CCCC23CNC=C[C@H](O)CC2Oc2c(OC)ccc(c23)C1. The quantitative estimate of drug-likeness (QED) is 0.511. The molecule has 3 atom stereocenters. The number of nitrogens with one attached hydrogen (secondary N) is 1. The molecule has 0 aromatic heterocycles. The van der Waals surface area contributed by atoms with E-state index in [-0.39, 0.29) is 17.2 Å². The lowest BCUT2D eigenvalue weighted by molar-refractivity contribution is -0.140. The van der Waals surface area contributed by atoms with E-state index < -0.39 is 18.0 Å². The van der Waals surface area contributed by atoms with Crippen molar-refractivity contribution in [2.45, 2.75) is 43.4 Å². The molecule has 0 fully saturated rings. The van der Waals surface area contributed by atoms with Gasteiger partial charge in [0.15, 0.2) is 11.5 Å². The largest absolute Gasteiger partial charge is 0.493 e. The molecule has 3 aliphatic heterocycles. The highest BCUT2D eigenvalue weighted by atomic mass is 16.5. The third-order valence-corrected chi connectivity index (χ3v) is 6.71. The van der Waals surface area contributed by atoms with Crippen molar-refractivity contribution in [2.75, 3.05) is 34.4 Å². The topological polar surface area (TPSA) is 107 Å². The molecule has 0 radical (unpaired) electrons. The number of hydrogen-bond acceptors (Lipinski definition) is 9. The van der Waals surface area contributed by atoms with Gasteiger partial charge in [-0.2, -0.15) is 0 Å². The Labute approximate surface area is 192 Å². The predicted molar refractivity (Wildman–Crippen MR) is 119 cm³/mol. The summed E-state index contributed by atoms with van der Waals surface area (Å²) in [5, 5.41) is 13.8. The van der Waals surface area contributed by atoms with Gasteiger partial charge in [-0.1, -0.05) is 6.07 Å². The van der Waals surface area contributed by atoms with Crippen LogP contribution in [0.3, 0.4) is 0 Å². The molecule has 3 aliphatic rings. The Morgan fingerprint density at radius 2 is 2.09 bits per heavy atom. The fourth-order valence-corrected chi connectivity index (χ4v) is 5.17. The van der Waals surface area contributed by atoms with Crippen LogP contribution in [-0.4, -0.2) is 68.6 Å². The highest BCUT2D eigenvalue weighted by molar-refractivity contribution is 5.95. The van der Waals surface area contributed by atoms with Crippen LogP contribution in [0.15, 0.2) is 36.2 Å². The van der Waals surface area contributed by atoms with Gasteiger partial charge in [0.2, 0.25) is 0 Å². The van der Waals surface area contributed by atoms with Crippen molar-refractivity contribution in [3.8, 4) is 11.5 Å². The molecular weight excluding hydrogens is 428 g/mol. The molecule has 1 aromatic rings. The molecular formula is C24H30N2O7. The minimum absolute atomic E-state index is 0.148. The standard InChI is InChI=1S/C24H30N2O7/c1-30-18-6-5-15-13-26(17(23(29)32-3)12-20(28)31-2)10-4-8-24-14-25-9-7-16(27)11-19(24)33-22(18)21(15)24/h5-7,9,12,16,19,25,27H,4,8,10-11,13-14H2,1-3H3/b9-7?,17-12+/t16-,19?,24?/m0/s1. The third kappa shape index (κ3) is 4.13. The van der Waals surface area contributed by atoms with Crippen molar-refractivity contribution in [1.82, 2.24) is 10.2 Å². The summed E-state index contributed by atoms with van der Waals surface area (Å²) >= 11 is 0. The fraction of sp³-hybridized carbons (Fsp3) is 0.500. The first-order chi connectivity index (χ1) is 15.9. The predicted octanol–water partition coefficient (Wildman–Crippen LogP) is 1.39. The first-order valence-electron chi connectivity index (χ1n) is 11.0. The molecule has 0 saturated heterocycles. The first kappa shape index (κ1) is 23.0. The summed E-state index contributed by atoms with van der Waals surface area (Å²) in [6.45, 7) is 1.56. The summed E-state index contributed by atoms with van der Waals surface area (Å²) in [7, 11) is 4.16. The molecule has 1 spiro atoms. The van der Waals surface area contributed by atoms with E-state index in [1.807, 2.05) is 17.0 Å². The minimum atomic E-state index is -0.626. The highest BCUT2D eigenvalue weighted by Crippen LogP contribution is 2.54. The maximum Gasteiger partial charge on any atom is 0.354 e. The first-order valence-corrected chi connectivity index (χ1v) is 11.0. The molecule has 33 heavy (non-hydrogen) atoms. The lowest BCUT2D eigenvalue weighted by Gasteiger charge is -2.40. The van der Waals surface area contributed by atoms with Crippen molar-refractivity contribution in [2.24, 2.45) is 0 Å². The van der Waals surface area contributed by atoms with Gasteiger partial charge in [0, 0.05) is 31.6 Å². The second kappa shape index (κ2) is 9.35. The van der Waals surface area contributed by atoms with Crippen LogP contribution in [0.1, 0.15) is 30.4 Å². The monoisotopic (exact) mass is 458 g/mol. The second-order valence-electron chi connectivity index (χ2n) is 8.51. The van der Waals surface area contributed by atoms with E-state index in [1.54, 1.807) is 19.4 Å². The van der Waals surface area contributed by atoms with Crippen molar-refractivity contribution < 1.29 is 33.6 Å². The molecule has 2 unspecified atom stereocenters. The fourth-order valence-electron chi connectivity index (χ4n) is 5.17. The molecule has 9 nitrogen and oxygen atoms in total. The van der Waals surface area contributed by atoms with Crippen LogP contribution in [0.2, 0.25) is 0 Å². The van der Waals surface area contributed by atoms with Gasteiger partial charge < -0.3 is 34.3 Å². The van der Waals surface area contributed by atoms with Crippen LogP contribution in [0, 0.1) is 0 Å². The molecule has 1 aromatic carbocycles. The molecule has 4 rings (SSSR count). The average Bonchev–Trinajstić information content (AvgIpc) is 3.09. The zero-order valence-corrected chi connectivity index (χ0v) is 19.1. The van der Waals surface area contributed by atoms with Gasteiger partial charge in [0.05, 0.1) is 38.9 Å². The molecule has 0 bridgehead atoms. The van der Waals surface area contributed by atoms with Crippen molar-refractivity contribution in [1.29, 1.82) is 0 Å². The maximum atomic E-state index is 12.5. The van der Waals surface area contributed by atoms with Gasteiger partial charge in [0.25, 0.3) is 0 Å². The van der Waals surface area contributed by atoms with Gasteiger partial charge in [-0.05, 0) is 36.7 Å². The Morgan fingerprint density at radius 3 is 2.82 bits per heavy atom. The van der Waals surface area contributed by atoms with Crippen molar-refractivity contribution in [3.63, 3.8) is 0 Å². The summed E-state index contributed by atoms with van der Waals surface area (Å²) in [6, 6.07) is 3.83. The summed E-state index contributed by atoms with van der Waals surface area (Å²) in [6.07, 6.45) is 5.80. The third-order valence-electron chi connectivity index (χ3n) is 6.71. The number of carbonyl (C=O) groups excluding carboxylic acids is 2. The number of benzene rings is 1. The molecule has 0 saturated carbocycles. The lowest BCUT2D eigenvalue weighted by atomic mass is 9.69. The van der Waals surface area contributed by atoms with Crippen molar-refractivity contribution >= 4 is 11.9 Å². The van der Waals surface area contributed by atoms with E-state index in [1.165, 1.54) is 20.3 Å². The Bertz CT molecular complexity index is 989. The molecule has 9 heteroatoms. The van der Waals surface area contributed by atoms with Crippen LogP contribution in [-0.2, 0) is 31.0 Å². The molecule has 2 N–H and O–H groups in total.